The van der Waals surface area contributed by atoms with Gasteiger partial charge in [-0.1, -0.05) is 30.4 Å². The van der Waals surface area contributed by atoms with Crippen molar-refractivity contribution in [2.24, 2.45) is 4.99 Å². The molecule has 0 aromatic heterocycles. The molecule has 66 valence electrons. The lowest BCUT2D eigenvalue weighted by molar-refractivity contribution is -0.108. The first-order valence-corrected chi connectivity index (χ1v) is 4.47. The molecule has 2 heteroatoms. The topological polar surface area (TPSA) is 29.4 Å². The van der Waals surface area contributed by atoms with Crippen LogP contribution in [-0.2, 0) is 4.79 Å². The molecule has 1 aliphatic heterocycles. The van der Waals surface area contributed by atoms with E-state index in [1.807, 2.05) is 30.3 Å². The molecule has 0 bridgehead atoms. The van der Waals surface area contributed by atoms with Crippen LogP contribution < -0.4 is 0 Å². The zero-order valence-corrected chi connectivity index (χ0v) is 7.40. The van der Waals surface area contributed by atoms with Gasteiger partial charge in [-0.15, -0.1) is 0 Å². The molecule has 1 aromatic rings. The molecule has 0 saturated heterocycles. The van der Waals surface area contributed by atoms with Crippen LogP contribution in [0.25, 0.3) is 5.57 Å². The van der Waals surface area contributed by atoms with Crippen LogP contribution in [0.3, 0.4) is 0 Å². The molecule has 0 amide bonds. The van der Waals surface area contributed by atoms with Crippen molar-refractivity contribution in [3.05, 3.63) is 48.1 Å². The van der Waals surface area contributed by atoms with Crippen LogP contribution in [0.2, 0.25) is 0 Å². The van der Waals surface area contributed by atoms with Crippen molar-refractivity contribution < 1.29 is 4.79 Å². The summed E-state index contributed by atoms with van der Waals surface area (Å²) in [5.41, 5.74) is 3.48. The fourth-order valence-corrected chi connectivity index (χ4v) is 1.77. The number of para-hydroxylation sites is 1. The number of ketones is 1. The lowest BCUT2D eigenvalue weighted by atomic mass is 9.97. The van der Waals surface area contributed by atoms with E-state index in [4.69, 9.17) is 0 Å². The van der Waals surface area contributed by atoms with Crippen molar-refractivity contribution in [3.63, 3.8) is 0 Å². The third-order valence-electron chi connectivity index (χ3n) is 2.43. The minimum absolute atomic E-state index is 0.00120. The number of fused-ring (bicyclic) bond motifs is 3. The fraction of sp³-hybridized carbons (Fsp3) is 0. The quantitative estimate of drug-likeness (QED) is 0.564. The molecule has 1 aliphatic carbocycles. The van der Waals surface area contributed by atoms with E-state index in [0.717, 1.165) is 16.8 Å². The summed E-state index contributed by atoms with van der Waals surface area (Å²) < 4.78 is 0. The summed E-state index contributed by atoms with van der Waals surface area (Å²) in [6.45, 7) is 0. The Morgan fingerprint density at radius 2 is 2.00 bits per heavy atom. The zero-order chi connectivity index (χ0) is 9.54. The lowest BCUT2D eigenvalue weighted by Crippen LogP contribution is -2.12. The van der Waals surface area contributed by atoms with Gasteiger partial charge in [-0.2, -0.15) is 0 Å². The minimum atomic E-state index is -0.00120. The molecule has 3 rings (SSSR count). The maximum absolute atomic E-state index is 11.5. The van der Waals surface area contributed by atoms with Crippen molar-refractivity contribution in [2.75, 3.05) is 0 Å². The molecule has 2 nitrogen and oxygen atoms in total. The Kier molecular flexibility index (Phi) is 1.34. The summed E-state index contributed by atoms with van der Waals surface area (Å²) in [7, 11) is 0. The number of carbonyl (C=O) groups is 1. The first kappa shape index (κ1) is 7.44. The predicted molar refractivity (Wildman–Crippen MR) is 55.7 cm³/mol. The van der Waals surface area contributed by atoms with Gasteiger partial charge in [-0.05, 0) is 12.1 Å². The second kappa shape index (κ2) is 2.51. The summed E-state index contributed by atoms with van der Waals surface area (Å²) in [4.78, 5) is 15.8. The molecule has 0 N–H and O–H groups in total. The number of rotatable bonds is 0. The van der Waals surface area contributed by atoms with Gasteiger partial charge in [0.15, 0.2) is 0 Å². The SMILES string of the molecule is O=C1C=CC=C2C1=Nc1ccccc12. The van der Waals surface area contributed by atoms with Gasteiger partial charge in [0.05, 0.1) is 5.69 Å². The Morgan fingerprint density at radius 3 is 2.93 bits per heavy atom. The molecular weight excluding hydrogens is 174 g/mol. The van der Waals surface area contributed by atoms with E-state index in [1.165, 1.54) is 0 Å². The Hall–Kier alpha value is -1.96. The van der Waals surface area contributed by atoms with E-state index in [2.05, 4.69) is 4.99 Å². The van der Waals surface area contributed by atoms with Gasteiger partial charge < -0.3 is 0 Å². The van der Waals surface area contributed by atoms with Crippen LogP contribution >= 0.6 is 0 Å². The third kappa shape index (κ3) is 0.852. The van der Waals surface area contributed by atoms with Gasteiger partial charge in [0.25, 0.3) is 0 Å². The number of aliphatic imine (C=N–C) groups is 1. The Morgan fingerprint density at radius 1 is 1.14 bits per heavy atom. The zero-order valence-electron chi connectivity index (χ0n) is 7.40. The molecule has 1 heterocycles. The average Bonchev–Trinajstić information content (AvgIpc) is 2.59. The number of benzene rings is 1. The van der Waals surface area contributed by atoms with E-state index in [0.29, 0.717) is 5.71 Å². The Balaban J connectivity index is 2.29. The van der Waals surface area contributed by atoms with Crippen LogP contribution in [0.1, 0.15) is 5.56 Å². The highest BCUT2D eigenvalue weighted by Gasteiger charge is 2.25. The number of hydrogen-bond acceptors (Lipinski definition) is 2. The largest absolute Gasteiger partial charge is 0.288 e. The second-order valence-corrected chi connectivity index (χ2v) is 3.28. The predicted octanol–water partition coefficient (Wildman–Crippen LogP) is 2.29. The van der Waals surface area contributed by atoms with E-state index >= 15 is 0 Å². The molecular formula is C12H7NO. The second-order valence-electron chi connectivity index (χ2n) is 3.28. The van der Waals surface area contributed by atoms with Gasteiger partial charge in [0.1, 0.15) is 5.71 Å². The van der Waals surface area contributed by atoms with Gasteiger partial charge >= 0.3 is 0 Å². The highest BCUT2D eigenvalue weighted by atomic mass is 16.1. The number of allylic oxidation sites excluding steroid dienone is 4. The Labute approximate surface area is 81.3 Å². The van der Waals surface area contributed by atoms with Crippen LogP contribution in [0.4, 0.5) is 5.69 Å². The maximum Gasteiger partial charge on any atom is 0.204 e. The molecule has 0 fully saturated rings. The minimum Gasteiger partial charge on any atom is -0.288 e. The van der Waals surface area contributed by atoms with Crippen molar-refractivity contribution in [1.82, 2.24) is 0 Å². The molecule has 0 radical (unpaired) electrons. The van der Waals surface area contributed by atoms with Gasteiger partial charge in [-0.3, -0.25) is 4.79 Å². The summed E-state index contributed by atoms with van der Waals surface area (Å²) in [6, 6.07) is 7.80. The van der Waals surface area contributed by atoms with Gasteiger partial charge in [0, 0.05) is 11.1 Å². The van der Waals surface area contributed by atoms with E-state index < -0.39 is 0 Å². The standard InChI is InChI=1S/C12H7NO/c14-11-7-3-5-9-8-4-1-2-6-10(8)13-12(9)11/h1-7H. The highest BCUT2D eigenvalue weighted by Crippen LogP contribution is 2.35. The summed E-state index contributed by atoms with van der Waals surface area (Å²) >= 11 is 0. The first-order valence-electron chi connectivity index (χ1n) is 4.47. The van der Waals surface area contributed by atoms with Crippen molar-refractivity contribution in [1.29, 1.82) is 0 Å². The van der Waals surface area contributed by atoms with Crippen molar-refractivity contribution in [3.8, 4) is 0 Å². The average molecular weight is 181 g/mol. The van der Waals surface area contributed by atoms with Crippen LogP contribution in [-0.4, -0.2) is 11.5 Å². The molecule has 2 aliphatic rings. The van der Waals surface area contributed by atoms with E-state index in [-0.39, 0.29) is 5.78 Å². The first-order chi connectivity index (χ1) is 6.86. The van der Waals surface area contributed by atoms with Gasteiger partial charge in [0.2, 0.25) is 5.78 Å². The van der Waals surface area contributed by atoms with Crippen molar-refractivity contribution in [2.45, 2.75) is 0 Å². The summed E-state index contributed by atoms with van der Waals surface area (Å²) in [5.74, 6) is -0.00120. The third-order valence-corrected chi connectivity index (χ3v) is 2.43. The van der Waals surface area contributed by atoms with E-state index in [9.17, 15) is 4.79 Å². The van der Waals surface area contributed by atoms with Gasteiger partial charge in [-0.25, -0.2) is 4.99 Å². The normalized spacial score (nSPS) is 17.3. The van der Waals surface area contributed by atoms with E-state index in [1.54, 1.807) is 12.2 Å². The Bertz CT molecular complexity index is 521. The highest BCUT2D eigenvalue weighted by molar-refractivity contribution is 6.62. The van der Waals surface area contributed by atoms with Crippen LogP contribution in [0.5, 0.6) is 0 Å². The monoisotopic (exact) mass is 181 g/mol. The molecule has 0 saturated carbocycles. The van der Waals surface area contributed by atoms with Crippen LogP contribution in [0, 0.1) is 0 Å². The summed E-state index contributed by atoms with van der Waals surface area (Å²) in [6.07, 6.45) is 5.26. The summed E-state index contributed by atoms with van der Waals surface area (Å²) in [5, 5.41) is 0. The smallest absolute Gasteiger partial charge is 0.204 e. The maximum atomic E-state index is 11.5. The molecule has 0 unspecified atom stereocenters. The molecule has 0 spiro atoms. The number of hydrogen-bond donors (Lipinski definition) is 0. The van der Waals surface area contributed by atoms with Crippen LogP contribution in [0.15, 0.2) is 47.5 Å². The number of carbonyl (C=O) groups excluding carboxylic acids is 1. The molecule has 14 heavy (non-hydrogen) atoms. The molecule has 1 aromatic carbocycles. The fourth-order valence-electron chi connectivity index (χ4n) is 1.77. The lowest BCUT2D eigenvalue weighted by Gasteiger charge is -2.03. The number of nitrogens with zero attached hydrogens (tertiary/aromatic N) is 1. The van der Waals surface area contributed by atoms with Crippen molar-refractivity contribution >= 4 is 22.8 Å². The molecule has 0 atom stereocenters.